The zero-order chi connectivity index (χ0) is 12.3. The SMILES string of the molecule is CCCCC(C#[C][SnH])(CCCC)CCCC. The van der Waals surface area contributed by atoms with Gasteiger partial charge in [0.2, 0.25) is 0 Å². The molecule has 0 aliphatic carbocycles. The molecule has 0 nitrogen and oxygen atoms in total. The average molecular weight is 327 g/mol. The van der Waals surface area contributed by atoms with Crippen LogP contribution < -0.4 is 0 Å². The molecule has 0 spiro atoms. The molecule has 92 valence electrons. The second kappa shape index (κ2) is 10.5. The van der Waals surface area contributed by atoms with E-state index >= 15 is 0 Å². The predicted octanol–water partition coefficient (Wildman–Crippen LogP) is 4.41. The molecular formula is C15H28Sn. The van der Waals surface area contributed by atoms with Crippen LogP contribution in [-0.2, 0) is 0 Å². The fourth-order valence-corrected chi connectivity index (χ4v) is 3.13. The predicted molar refractivity (Wildman–Crippen MR) is 75.9 cm³/mol. The van der Waals surface area contributed by atoms with Crippen LogP contribution in [0.2, 0.25) is 0 Å². The van der Waals surface area contributed by atoms with Crippen LogP contribution in [0, 0.1) is 15.3 Å². The van der Waals surface area contributed by atoms with Crippen molar-refractivity contribution in [2.75, 3.05) is 0 Å². The monoisotopic (exact) mass is 328 g/mol. The summed E-state index contributed by atoms with van der Waals surface area (Å²) in [6.07, 6.45) is 12.0. The normalized spacial score (nSPS) is 11.0. The van der Waals surface area contributed by atoms with Crippen molar-refractivity contribution in [1.29, 1.82) is 0 Å². The Bertz CT molecular complexity index is 187. The number of hydrogen-bond acceptors (Lipinski definition) is 0. The standard InChI is InChI=1S/C15H27.Sn.H/c1-5-9-12-15(8-4,13-10-6-2)14-11-7-3;;/h5-7,9-14H2,1-3H3;;. The Hall–Kier alpha value is 0.359. The summed E-state index contributed by atoms with van der Waals surface area (Å²) in [6, 6.07) is 0. The molecule has 0 aromatic heterocycles. The Morgan fingerprint density at radius 1 is 0.812 bits per heavy atom. The van der Waals surface area contributed by atoms with Gasteiger partial charge in [0.15, 0.2) is 0 Å². The Balaban J connectivity index is 4.50. The van der Waals surface area contributed by atoms with Crippen LogP contribution in [0.5, 0.6) is 0 Å². The molecule has 0 aliphatic rings. The molecule has 2 radical (unpaired) electrons. The van der Waals surface area contributed by atoms with E-state index in [1.165, 1.54) is 57.8 Å². The summed E-state index contributed by atoms with van der Waals surface area (Å²) < 4.78 is 3.32. The fraction of sp³-hybridized carbons (Fsp3) is 0.867. The zero-order valence-corrected chi connectivity index (χ0v) is 14.7. The summed E-state index contributed by atoms with van der Waals surface area (Å²) in [5, 5.41) is 0. The van der Waals surface area contributed by atoms with Crippen LogP contribution >= 0.6 is 0 Å². The van der Waals surface area contributed by atoms with Crippen LogP contribution in [0.4, 0.5) is 0 Å². The van der Waals surface area contributed by atoms with Gasteiger partial charge in [-0.1, -0.05) is 0 Å². The van der Waals surface area contributed by atoms with E-state index in [0.717, 1.165) is 22.5 Å². The second-order valence-electron chi connectivity index (χ2n) is 4.86. The summed E-state index contributed by atoms with van der Waals surface area (Å²) >= 11 is 1.10. The molecule has 16 heavy (non-hydrogen) atoms. The zero-order valence-electron chi connectivity index (χ0n) is 11.4. The van der Waals surface area contributed by atoms with Gasteiger partial charge in [-0.05, 0) is 0 Å². The summed E-state index contributed by atoms with van der Waals surface area (Å²) in [5.74, 6) is 3.61. The quantitative estimate of drug-likeness (QED) is 0.435. The average Bonchev–Trinajstić information content (AvgIpc) is 2.31. The molecule has 0 bridgehead atoms. The molecule has 0 saturated heterocycles. The minimum atomic E-state index is 0.377. The first kappa shape index (κ1) is 16.4. The summed E-state index contributed by atoms with van der Waals surface area (Å²) in [5.41, 5.74) is 0.377. The van der Waals surface area contributed by atoms with Crippen molar-refractivity contribution >= 4 is 22.5 Å². The first-order valence-electron chi connectivity index (χ1n) is 6.97. The van der Waals surface area contributed by atoms with E-state index in [9.17, 15) is 0 Å². The molecule has 0 aliphatic heterocycles. The van der Waals surface area contributed by atoms with E-state index in [1.807, 2.05) is 0 Å². The van der Waals surface area contributed by atoms with Gasteiger partial charge in [-0.25, -0.2) is 0 Å². The van der Waals surface area contributed by atoms with Gasteiger partial charge in [-0.2, -0.15) is 0 Å². The molecule has 0 heterocycles. The van der Waals surface area contributed by atoms with Gasteiger partial charge < -0.3 is 0 Å². The topological polar surface area (TPSA) is 0 Å². The van der Waals surface area contributed by atoms with Gasteiger partial charge >= 0.3 is 116 Å². The van der Waals surface area contributed by atoms with Crippen molar-refractivity contribution in [3.05, 3.63) is 0 Å². The Morgan fingerprint density at radius 2 is 1.19 bits per heavy atom. The van der Waals surface area contributed by atoms with E-state index in [0.29, 0.717) is 5.41 Å². The number of rotatable bonds is 9. The van der Waals surface area contributed by atoms with E-state index in [2.05, 4.69) is 30.6 Å². The van der Waals surface area contributed by atoms with Crippen LogP contribution in [0.3, 0.4) is 0 Å². The molecule has 0 unspecified atom stereocenters. The molecule has 1 heteroatoms. The van der Waals surface area contributed by atoms with Crippen molar-refractivity contribution in [1.82, 2.24) is 0 Å². The Morgan fingerprint density at radius 3 is 1.44 bits per heavy atom. The van der Waals surface area contributed by atoms with Crippen LogP contribution in [0.25, 0.3) is 0 Å². The van der Waals surface area contributed by atoms with Gasteiger partial charge in [0.25, 0.3) is 0 Å². The van der Waals surface area contributed by atoms with Crippen LogP contribution in [-0.4, -0.2) is 22.5 Å². The van der Waals surface area contributed by atoms with Crippen molar-refractivity contribution in [3.8, 4) is 9.86 Å². The Labute approximate surface area is 116 Å². The molecule has 0 fully saturated rings. The molecule has 0 N–H and O–H groups in total. The van der Waals surface area contributed by atoms with E-state index in [4.69, 9.17) is 0 Å². The Kier molecular flexibility index (Phi) is 10.7. The van der Waals surface area contributed by atoms with Gasteiger partial charge in [0.1, 0.15) is 0 Å². The van der Waals surface area contributed by atoms with Gasteiger partial charge in [-0.15, -0.1) is 0 Å². The van der Waals surface area contributed by atoms with Gasteiger partial charge in [0.05, 0.1) is 0 Å². The summed E-state index contributed by atoms with van der Waals surface area (Å²) in [7, 11) is 0. The third-order valence-electron chi connectivity index (χ3n) is 3.36. The van der Waals surface area contributed by atoms with Gasteiger partial charge in [0, 0.05) is 0 Å². The second-order valence-corrected chi connectivity index (χ2v) is 5.68. The molecule has 0 rings (SSSR count). The first-order valence-corrected chi connectivity index (χ1v) is 8.62. The fourth-order valence-electron chi connectivity index (χ4n) is 2.26. The molecule has 0 aromatic carbocycles. The number of hydrogen-bond donors (Lipinski definition) is 0. The van der Waals surface area contributed by atoms with Crippen molar-refractivity contribution in [2.24, 2.45) is 5.41 Å². The first-order chi connectivity index (χ1) is 7.74. The minimum absolute atomic E-state index is 0.377. The molecule has 0 saturated carbocycles. The van der Waals surface area contributed by atoms with E-state index < -0.39 is 0 Å². The molecular weight excluding hydrogens is 299 g/mol. The summed E-state index contributed by atoms with van der Waals surface area (Å²) in [6.45, 7) is 6.87. The molecule has 0 atom stereocenters. The molecule has 0 aromatic rings. The van der Waals surface area contributed by atoms with Crippen LogP contribution in [0.1, 0.15) is 78.6 Å². The van der Waals surface area contributed by atoms with Crippen molar-refractivity contribution in [3.63, 3.8) is 0 Å². The maximum atomic E-state index is 3.61. The van der Waals surface area contributed by atoms with Gasteiger partial charge in [-0.3, -0.25) is 0 Å². The van der Waals surface area contributed by atoms with E-state index in [1.54, 1.807) is 0 Å². The third kappa shape index (κ3) is 6.84. The molecule has 0 amide bonds. The van der Waals surface area contributed by atoms with E-state index in [-0.39, 0.29) is 0 Å². The summed E-state index contributed by atoms with van der Waals surface area (Å²) in [4.78, 5) is 0. The number of unbranched alkanes of at least 4 members (excludes halogenated alkanes) is 3. The van der Waals surface area contributed by atoms with Crippen molar-refractivity contribution < 1.29 is 0 Å². The maximum absolute atomic E-state index is 3.61. The third-order valence-corrected chi connectivity index (χ3v) is 3.78. The van der Waals surface area contributed by atoms with Crippen molar-refractivity contribution in [2.45, 2.75) is 78.6 Å². The van der Waals surface area contributed by atoms with Crippen LogP contribution in [0.15, 0.2) is 0 Å².